The van der Waals surface area contributed by atoms with E-state index in [-0.39, 0.29) is 0 Å². The van der Waals surface area contributed by atoms with Crippen molar-refractivity contribution >= 4 is 17.6 Å². The van der Waals surface area contributed by atoms with Crippen molar-refractivity contribution in [3.05, 3.63) is 34.9 Å². The smallest absolute Gasteiger partial charge is 0.306 e. The number of hydrogen-bond acceptors (Lipinski definition) is 3. The molecule has 0 aliphatic heterocycles. The van der Waals surface area contributed by atoms with Crippen LogP contribution >= 0.6 is 11.6 Å². The fourth-order valence-corrected chi connectivity index (χ4v) is 1.30. The number of aliphatic hydroxyl groups excluding tert-OH is 2. The van der Waals surface area contributed by atoms with E-state index in [2.05, 4.69) is 0 Å². The average molecular weight is 231 g/mol. The lowest BCUT2D eigenvalue weighted by molar-refractivity contribution is -0.141. The molecule has 0 aromatic heterocycles. The van der Waals surface area contributed by atoms with E-state index in [0.717, 1.165) is 0 Å². The predicted molar refractivity (Wildman–Crippen MR) is 54.7 cm³/mol. The molecule has 0 aliphatic rings. The Kier molecular flexibility index (Phi) is 4.08. The van der Waals surface area contributed by atoms with Crippen LogP contribution in [-0.4, -0.2) is 27.4 Å². The standard InChI is InChI=1S/C10H11ClO4/c11-7-3-1-6(2-4-7)10(15)8(12)5-9(13)14/h1-4,8,10,12,15H,5H2,(H,13,14). The van der Waals surface area contributed by atoms with Crippen LogP contribution in [-0.2, 0) is 4.79 Å². The Balaban J connectivity index is 2.71. The second kappa shape index (κ2) is 5.11. The largest absolute Gasteiger partial charge is 0.481 e. The van der Waals surface area contributed by atoms with E-state index >= 15 is 0 Å². The summed E-state index contributed by atoms with van der Waals surface area (Å²) >= 11 is 5.64. The first kappa shape index (κ1) is 12.0. The van der Waals surface area contributed by atoms with Crippen molar-refractivity contribution < 1.29 is 20.1 Å². The van der Waals surface area contributed by atoms with E-state index in [1.54, 1.807) is 12.1 Å². The maximum Gasteiger partial charge on any atom is 0.306 e. The van der Waals surface area contributed by atoms with Gasteiger partial charge in [0.05, 0.1) is 12.5 Å². The molecule has 82 valence electrons. The summed E-state index contributed by atoms with van der Waals surface area (Å²) in [5.41, 5.74) is 0.438. The van der Waals surface area contributed by atoms with Gasteiger partial charge in [0, 0.05) is 5.02 Å². The van der Waals surface area contributed by atoms with E-state index < -0.39 is 24.6 Å². The third kappa shape index (κ3) is 3.51. The summed E-state index contributed by atoms with van der Waals surface area (Å²) in [7, 11) is 0. The van der Waals surface area contributed by atoms with E-state index in [1.807, 2.05) is 0 Å². The summed E-state index contributed by atoms with van der Waals surface area (Å²) < 4.78 is 0. The van der Waals surface area contributed by atoms with E-state index in [1.165, 1.54) is 12.1 Å². The number of hydrogen-bond donors (Lipinski definition) is 3. The van der Waals surface area contributed by atoms with Crippen molar-refractivity contribution in [3.8, 4) is 0 Å². The minimum Gasteiger partial charge on any atom is -0.481 e. The molecule has 2 unspecified atom stereocenters. The van der Waals surface area contributed by atoms with Crippen molar-refractivity contribution in [2.24, 2.45) is 0 Å². The first-order valence-electron chi connectivity index (χ1n) is 4.34. The highest BCUT2D eigenvalue weighted by Gasteiger charge is 2.20. The summed E-state index contributed by atoms with van der Waals surface area (Å²) in [6, 6.07) is 6.21. The van der Waals surface area contributed by atoms with Crippen molar-refractivity contribution in [1.82, 2.24) is 0 Å². The van der Waals surface area contributed by atoms with Crippen LogP contribution in [0.3, 0.4) is 0 Å². The summed E-state index contributed by atoms with van der Waals surface area (Å²) in [6.45, 7) is 0. The highest BCUT2D eigenvalue weighted by molar-refractivity contribution is 6.30. The average Bonchev–Trinajstić information content (AvgIpc) is 2.17. The van der Waals surface area contributed by atoms with Gasteiger partial charge in [-0.25, -0.2) is 0 Å². The second-order valence-corrected chi connectivity index (χ2v) is 3.60. The van der Waals surface area contributed by atoms with Gasteiger partial charge in [-0.2, -0.15) is 0 Å². The van der Waals surface area contributed by atoms with Crippen molar-refractivity contribution in [1.29, 1.82) is 0 Å². The number of aliphatic carboxylic acids is 1. The van der Waals surface area contributed by atoms with Crippen LogP contribution in [0.15, 0.2) is 24.3 Å². The number of aliphatic hydroxyl groups is 2. The second-order valence-electron chi connectivity index (χ2n) is 3.16. The molecule has 1 rings (SSSR count). The lowest BCUT2D eigenvalue weighted by Crippen LogP contribution is -2.21. The quantitative estimate of drug-likeness (QED) is 0.727. The topological polar surface area (TPSA) is 77.8 Å². The van der Waals surface area contributed by atoms with Crippen LogP contribution in [0.2, 0.25) is 5.02 Å². The number of carbonyl (C=O) groups is 1. The molecule has 0 radical (unpaired) electrons. The Morgan fingerprint density at radius 1 is 1.27 bits per heavy atom. The van der Waals surface area contributed by atoms with Gasteiger partial charge in [-0.3, -0.25) is 4.79 Å². The van der Waals surface area contributed by atoms with Gasteiger partial charge in [-0.05, 0) is 17.7 Å². The third-order valence-electron chi connectivity index (χ3n) is 1.96. The normalized spacial score (nSPS) is 14.6. The molecule has 0 saturated heterocycles. The van der Waals surface area contributed by atoms with Gasteiger partial charge in [0.2, 0.25) is 0 Å². The zero-order chi connectivity index (χ0) is 11.4. The maximum atomic E-state index is 10.3. The summed E-state index contributed by atoms with van der Waals surface area (Å²) in [6.07, 6.45) is -3.02. The van der Waals surface area contributed by atoms with Gasteiger partial charge in [-0.15, -0.1) is 0 Å². The van der Waals surface area contributed by atoms with E-state index in [9.17, 15) is 15.0 Å². The minimum atomic E-state index is -1.32. The van der Waals surface area contributed by atoms with Crippen molar-refractivity contribution in [3.63, 3.8) is 0 Å². The molecule has 4 nitrogen and oxygen atoms in total. The highest BCUT2D eigenvalue weighted by Crippen LogP contribution is 2.20. The van der Waals surface area contributed by atoms with Crippen molar-refractivity contribution in [2.45, 2.75) is 18.6 Å². The lowest BCUT2D eigenvalue weighted by atomic mass is 10.0. The predicted octanol–water partition coefficient (Wildman–Crippen LogP) is 1.21. The highest BCUT2D eigenvalue weighted by atomic mass is 35.5. The van der Waals surface area contributed by atoms with Crippen LogP contribution in [0.5, 0.6) is 0 Å². The Morgan fingerprint density at radius 2 is 1.80 bits per heavy atom. The monoisotopic (exact) mass is 230 g/mol. The summed E-state index contributed by atoms with van der Waals surface area (Å²) in [5.74, 6) is -1.16. The molecule has 0 saturated carbocycles. The zero-order valence-electron chi connectivity index (χ0n) is 7.80. The molecule has 15 heavy (non-hydrogen) atoms. The lowest BCUT2D eigenvalue weighted by Gasteiger charge is -2.16. The molecular weight excluding hydrogens is 220 g/mol. The number of halogens is 1. The van der Waals surface area contributed by atoms with Gasteiger partial charge in [0.25, 0.3) is 0 Å². The molecular formula is C10H11ClO4. The number of rotatable bonds is 4. The first-order chi connectivity index (χ1) is 7.00. The molecule has 5 heteroatoms. The van der Waals surface area contributed by atoms with Crippen LogP contribution in [0.25, 0.3) is 0 Å². The summed E-state index contributed by atoms with van der Waals surface area (Å²) in [5, 5.41) is 27.9. The molecule has 0 fully saturated rings. The Morgan fingerprint density at radius 3 is 2.27 bits per heavy atom. The Hall–Kier alpha value is -1.10. The van der Waals surface area contributed by atoms with Gasteiger partial charge in [-0.1, -0.05) is 23.7 Å². The molecule has 0 spiro atoms. The fourth-order valence-electron chi connectivity index (χ4n) is 1.17. The molecule has 2 atom stereocenters. The first-order valence-corrected chi connectivity index (χ1v) is 4.72. The fraction of sp³-hybridized carbons (Fsp3) is 0.300. The van der Waals surface area contributed by atoms with Gasteiger partial charge >= 0.3 is 5.97 Å². The SMILES string of the molecule is O=C(O)CC(O)C(O)c1ccc(Cl)cc1. The third-order valence-corrected chi connectivity index (χ3v) is 2.21. The maximum absolute atomic E-state index is 10.3. The van der Waals surface area contributed by atoms with Gasteiger partial charge < -0.3 is 15.3 Å². The zero-order valence-corrected chi connectivity index (χ0v) is 8.55. The molecule has 0 aliphatic carbocycles. The molecule has 0 heterocycles. The van der Waals surface area contributed by atoms with E-state index in [4.69, 9.17) is 16.7 Å². The minimum absolute atomic E-state index is 0.438. The molecule has 1 aromatic rings. The number of carboxylic acid groups (broad SMARTS) is 1. The van der Waals surface area contributed by atoms with Crippen LogP contribution < -0.4 is 0 Å². The molecule has 0 amide bonds. The summed E-state index contributed by atoms with van der Waals surface area (Å²) in [4.78, 5) is 10.3. The molecule has 3 N–H and O–H groups in total. The van der Waals surface area contributed by atoms with Gasteiger partial charge in [0.1, 0.15) is 6.10 Å². The van der Waals surface area contributed by atoms with E-state index in [0.29, 0.717) is 10.6 Å². The van der Waals surface area contributed by atoms with Gasteiger partial charge in [0.15, 0.2) is 0 Å². The molecule has 0 bridgehead atoms. The Bertz CT molecular complexity index is 336. The molecule has 1 aromatic carbocycles. The van der Waals surface area contributed by atoms with Crippen molar-refractivity contribution in [2.75, 3.05) is 0 Å². The van der Waals surface area contributed by atoms with Crippen LogP contribution in [0, 0.1) is 0 Å². The number of carboxylic acids is 1. The number of benzene rings is 1. The van der Waals surface area contributed by atoms with Crippen LogP contribution in [0.4, 0.5) is 0 Å². The Labute approximate surface area is 91.7 Å². The van der Waals surface area contributed by atoms with Crippen LogP contribution in [0.1, 0.15) is 18.1 Å².